The summed E-state index contributed by atoms with van der Waals surface area (Å²) in [6.07, 6.45) is 2.88. The minimum absolute atomic E-state index is 0.268. The van der Waals surface area contributed by atoms with Gasteiger partial charge in [0.05, 0.1) is 15.2 Å². The van der Waals surface area contributed by atoms with Crippen molar-refractivity contribution in [2.75, 3.05) is 7.05 Å². The fraction of sp³-hybridized carbons (Fsp3) is 0.286. The number of thiazole rings is 1. The first kappa shape index (κ1) is 12.7. The maximum Gasteiger partial charge on any atom is 0.0947 e. The van der Waals surface area contributed by atoms with Crippen LogP contribution in [0.3, 0.4) is 0 Å². The van der Waals surface area contributed by atoms with E-state index in [2.05, 4.69) is 38.2 Å². The molecule has 0 aliphatic rings. The monoisotopic (exact) mass is 289 g/mol. The van der Waals surface area contributed by atoms with E-state index in [1.165, 1.54) is 15.3 Å². The molecule has 0 saturated heterocycles. The Morgan fingerprint density at radius 1 is 1.37 bits per heavy atom. The molecule has 0 fully saturated rings. The summed E-state index contributed by atoms with van der Waals surface area (Å²) >= 11 is 3.46. The number of thiophene rings is 1. The summed E-state index contributed by atoms with van der Waals surface area (Å²) in [5, 5.41) is 8.72. The van der Waals surface area contributed by atoms with Crippen LogP contribution in [-0.4, -0.2) is 17.0 Å². The van der Waals surface area contributed by atoms with Crippen LogP contribution in [0.2, 0.25) is 0 Å². The number of hydrogen-bond donors (Lipinski definition) is 1. The van der Waals surface area contributed by atoms with Gasteiger partial charge in [-0.3, -0.25) is 4.98 Å². The van der Waals surface area contributed by atoms with Gasteiger partial charge in [-0.2, -0.15) is 0 Å². The van der Waals surface area contributed by atoms with Gasteiger partial charge in [0.15, 0.2) is 0 Å². The minimum atomic E-state index is 0.268. The van der Waals surface area contributed by atoms with Gasteiger partial charge in [0.25, 0.3) is 0 Å². The van der Waals surface area contributed by atoms with Gasteiger partial charge in [-0.15, -0.1) is 22.7 Å². The molecule has 0 amide bonds. The van der Waals surface area contributed by atoms with Gasteiger partial charge in [-0.05, 0) is 37.0 Å². The van der Waals surface area contributed by atoms with Crippen molar-refractivity contribution in [3.8, 4) is 0 Å². The summed E-state index contributed by atoms with van der Waals surface area (Å²) in [4.78, 5) is 9.05. The van der Waals surface area contributed by atoms with Crippen LogP contribution in [0.4, 0.5) is 0 Å². The SMILES string of the molecule is CNC(Cc1nc(C)cs1)c1cnc2ccsc2c1. The Kier molecular flexibility index (Phi) is 3.59. The average Bonchev–Trinajstić information content (AvgIpc) is 3.03. The summed E-state index contributed by atoms with van der Waals surface area (Å²) in [6, 6.07) is 4.56. The lowest BCUT2D eigenvalue weighted by molar-refractivity contribution is 0.589. The summed E-state index contributed by atoms with van der Waals surface area (Å²) < 4.78 is 1.24. The normalized spacial score (nSPS) is 12.9. The Morgan fingerprint density at radius 2 is 2.26 bits per heavy atom. The molecule has 3 aromatic rings. The van der Waals surface area contributed by atoms with E-state index >= 15 is 0 Å². The lowest BCUT2D eigenvalue weighted by atomic mass is 10.1. The zero-order valence-corrected chi connectivity index (χ0v) is 12.5. The first-order chi connectivity index (χ1) is 9.26. The van der Waals surface area contributed by atoms with E-state index in [0.717, 1.165) is 17.6 Å². The second-order valence-corrected chi connectivity index (χ2v) is 6.39. The van der Waals surface area contributed by atoms with Gasteiger partial charge in [-0.1, -0.05) is 0 Å². The van der Waals surface area contributed by atoms with Crippen LogP contribution in [0, 0.1) is 6.92 Å². The quantitative estimate of drug-likeness (QED) is 0.798. The van der Waals surface area contributed by atoms with Crippen molar-refractivity contribution in [3.05, 3.63) is 45.4 Å². The Bertz CT molecular complexity index is 687. The zero-order valence-electron chi connectivity index (χ0n) is 10.9. The van der Waals surface area contributed by atoms with E-state index in [-0.39, 0.29) is 6.04 Å². The molecule has 3 rings (SSSR count). The number of nitrogens with one attached hydrogen (secondary N) is 1. The lowest BCUT2D eigenvalue weighted by Gasteiger charge is -2.14. The molecule has 0 radical (unpaired) electrons. The fourth-order valence-electron chi connectivity index (χ4n) is 2.11. The largest absolute Gasteiger partial charge is 0.313 e. The smallest absolute Gasteiger partial charge is 0.0947 e. The van der Waals surface area contributed by atoms with Crippen molar-refractivity contribution in [1.29, 1.82) is 0 Å². The van der Waals surface area contributed by atoms with Crippen molar-refractivity contribution < 1.29 is 0 Å². The topological polar surface area (TPSA) is 37.8 Å². The highest BCUT2D eigenvalue weighted by Gasteiger charge is 2.13. The molecule has 1 N–H and O–H groups in total. The molecule has 0 aromatic carbocycles. The number of pyridine rings is 1. The maximum absolute atomic E-state index is 4.54. The Balaban J connectivity index is 1.88. The molecule has 0 aliphatic carbocycles. The number of fused-ring (bicyclic) bond motifs is 1. The van der Waals surface area contributed by atoms with Gasteiger partial charge in [0, 0.05) is 29.7 Å². The average molecular weight is 289 g/mol. The molecule has 1 unspecified atom stereocenters. The van der Waals surface area contributed by atoms with Gasteiger partial charge in [0.1, 0.15) is 0 Å². The molecule has 3 nitrogen and oxygen atoms in total. The van der Waals surface area contributed by atoms with Crippen LogP contribution in [0.5, 0.6) is 0 Å². The molecule has 0 spiro atoms. The van der Waals surface area contributed by atoms with Crippen molar-refractivity contribution in [1.82, 2.24) is 15.3 Å². The fourth-order valence-corrected chi connectivity index (χ4v) is 3.72. The van der Waals surface area contributed by atoms with Gasteiger partial charge in [-0.25, -0.2) is 4.98 Å². The van der Waals surface area contributed by atoms with Crippen molar-refractivity contribution in [3.63, 3.8) is 0 Å². The third-order valence-corrected chi connectivity index (χ3v) is 4.96. The highest BCUT2D eigenvalue weighted by atomic mass is 32.1. The summed E-state index contributed by atoms with van der Waals surface area (Å²) in [7, 11) is 1.99. The van der Waals surface area contributed by atoms with E-state index in [1.54, 1.807) is 22.7 Å². The van der Waals surface area contributed by atoms with E-state index < -0.39 is 0 Å². The second kappa shape index (κ2) is 5.36. The third kappa shape index (κ3) is 2.68. The number of hydrogen-bond acceptors (Lipinski definition) is 5. The van der Waals surface area contributed by atoms with Crippen LogP contribution in [0.25, 0.3) is 10.2 Å². The second-order valence-electron chi connectivity index (χ2n) is 4.50. The van der Waals surface area contributed by atoms with Crippen molar-refractivity contribution in [2.24, 2.45) is 0 Å². The molecule has 1 atom stereocenters. The summed E-state index contributed by atoms with van der Waals surface area (Å²) in [5.41, 5.74) is 3.40. The van der Waals surface area contributed by atoms with Crippen LogP contribution in [0.15, 0.2) is 29.1 Å². The molecule has 3 heterocycles. The lowest BCUT2D eigenvalue weighted by Crippen LogP contribution is -2.18. The number of aryl methyl sites for hydroxylation is 1. The number of aromatic nitrogens is 2. The van der Waals surface area contributed by atoms with Crippen molar-refractivity contribution in [2.45, 2.75) is 19.4 Å². The predicted octanol–water partition coefficient (Wildman–Crippen LogP) is 3.56. The van der Waals surface area contributed by atoms with E-state index in [9.17, 15) is 0 Å². The number of likely N-dealkylation sites (N-methyl/N-ethyl adjacent to an activating group) is 1. The first-order valence-electron chi connectivity index (χ1n) is 6.17. The molecule has 0 aliphatic heterocycles. The molecule has 5 heteroatoms. The van der Waals surface area contributed by atoms with E-state index in [0.29, 0.717) is 0 Å². The minimum Gasteiger partial charge on any atom is -0.313 e. The molecular weight excluding hydrogens is 274 g/mol. The first-order valence-corrected chi connectivity index (χ1v) is 7.93. The van der Waals surface area contributed by atoms with Crippen LogP contribution in [0.1, 0.15) is 22.3 Å². The Hall–Kier alpha value is -1.30. The molecule has 3 aromatic heterocycles. The van der Waals surface area contributed by atoms with Crippen LogP contribution in [-0.2, 0) is 6.42 Å². The van der Waals surface area contributed by atoms with Crippen molar-refractivity contribution >= 4 is 32.9 Å². The van der Waals surface area contributed by atoms with Gasteiger partial charge >= 0.3 is 0 Å². The van der Waals surface area contributed by atoms with Gasteiger partial charge < -0.3 is 5.32 Å². The van der Waals surface area contributed by atoms with Gasteiger partial charge in [0.2, 0.25) is 0 Å². The highest BCUT2D eigenvalue weighted by molar-refractivity contribution is 7.17. The summed E-state index contributed by atoms with van der Waals surface area (Å²) in [6.45, 7) is 2.04. The Labute approximate surface area is 120 Å². The predicted molar refractivity (Wildman–Crippen MR) is 82.0 cm³/mol. The molecule has 98 valence electrons. The maximum atomic E-state index is 4.54. The number of nitrogens with zero attached hydrogens (tertiary/aromatic N) is 2. The summed E-state index contributed by atoms with van der Waals surface area (Å²) in [5.74, 6) is 0. The molecule has 19 heavy (non-hydrogen) atoms. The Morgan fingerprint density at radius 3 is 3.00 bits per heavy atom. The molecule has 0 bridgehead atoms. The highest BCUT2D eigenvalue weighted by Crippen LogP contribution is 2.25. The zero-order chi connectivity index (χ0) is 13.2. The third-order valence-electron chi connectivity index (χ3n) is 3.12. The van der Waals surface area contributed by atoms with Crippen LogP contribution < -0.4 is 5.32 Å². The van der Waals surface area contributed by atoms with E-state index in [1.807, 2.05) is 20.2 Å². The molecular formula is C14H15N3S2. The molecule has 0 saturated carbocycles. The van der Waals surface area contributed by atoms with Crippen LogP contribution >= 0.6 is 22.7 Å². The number of rotatable bonds is 4. The van der Waals surface area contributed by atoms with E-state index in [4.69, 9.17) is 0 Å². The standard InChI is InChI=1S/C14H15N3S2/c1-9-8-19-14(17-9)6-12(15-2)10-5-13-11(16-7-10)3-4-18-13/h3-5,7-8,12,15H,6H2,1-2H3.